The van der Waals surface area contributed by atoms with Crippen molar-refractivity contribution in [3.63, 3.8) is 0 Å². The number of sulfonamides is 1. The van der Waals surface area contributed by atoms with E-state index in [0.29, 0.717) is 18.8 Å². The third-order valence-electron chi connectivity index (χ3n) is 4.64. The number of ether oxygens (including phenoxy) is 1. The number of nitrogens with zero attached hydrogens (tertiary/aromatic N) is 5. The van der Waals surface area contributed by atoms with E-state index in [1.807, 2.05) is 13.0 Å². The molecule has 0 aliphatic carbocycles. The lowest BCUT2D eigenvalue weighted by Crippen LogP contribution is -2.38. The van der Waals surface area contributed by atoms with E-state index >= 15 is 0 Å². The Hall–Kier alpha value is -2.04. The molecule has 1 aromatic carbocycles. The van der Waals surface area contributed by atoms with Gasteiger partial charge in [0.15, 0.2) is 0 Å². The van der Waals surface area contributed by atoms with Crippen molar-refractivity contribution in [2.24, 2.45) is 0 Å². The Morgan fingerprint density at radius 2 is 2.04 bits per heavy atom. The summed E-state index contributed by atoms with van der Waals surface area (Å²) < 4.78 is 34.6. The van der Waals surface area contributed by atoms with Crippen molar-refractivity contribution in [2.45, 2.75) is 30.6 Å². The minimum atomic E-state index is -3.58. The molecule has 2 aromatic heterocycles. The third kappa shape index (κ3) is 2.97. The SMILES string of the molecule is COc1ccc(C)cc1S(=O)(=O)N1CCC(c2nn3cnnc3s2)CC1. The van der Waals surface area contributed by atoms with Gasteiger partial charge < -0.3 is 4.74 Å². The lowest BCUT2D eigenvalue weighted by atomic mass is 9.99. The number of fused-ring (bicyclic) bond motifs is 1. The summed E-state index contributed by atoms with van der Waals surface area (Å²) in [7, 11) is -2.09. The number of hydrogen-bond donors (Lipinski definition) is 0. The molecule has 3 heterocycles. The first kappa shape index (κ1) is 17.4. The maximum Gasteiger partial charge on any atom is 0.246 e. The Kier molecular flexibility index (Phi) is 4.41. The van der Waals surface area contributed by atoms with E-state index in [2.05, 4.69) is 15.3 Å². The maximum absolute atomic E-state index is 13.1. The van der Waals surface area contributed by atoms with Crippen LogP contribution >= 0.6 is 11.3 Å². The second kappa shape index (κ2) is 6.60. The van der Waals surface area contributed by atoms with E-state index in [9.17, 15) is 8.42 Å². The van der Waals surface area contributed by atoms with Gasteiger partial charge in [0.2, 0.25) is 15.0 Å². The van der Waals surface area contributed by atoms with Gasteiger partial charge >= 0.3 is 0 Å². The number of aromatic nitrogens is 4. The van der Waals surface area contributed by atoms with Crippen LogP contribution in [0.15, 0.2) is 29.4 Å². The van der Waals surface area contributed by atoms with Gasteiger partial charge in [0.25, 0.3) is 0 Å². The summed E-state index contributed by atoms with van der Waals surface area (Å²) in [4.78, 5) is 0.997. The van der Waals surface area contributed by atoms with Crippen LogP contribution in [0.3, 0.4) is 0 Å². The Balaban J connectivity index is 1.53. The molecule has 8 nitrogen and oxygen atoms in total. The molecule has 3 aromatic rings. The number of benzene rings is 1. The van der Waals surface area contributed by atoms with Gasteiger partial charge in [-0.3, -0.25) is 0 Å². The second-order valence-corrected chi connectivity index (χ2v) is 9.22. The van der Waals surface area contributed by atoms with Crippen molar-refractivity contribution < 1.29 is 13.2 Å². The van der Waals surface area contributed by atoms with Gasteiger partial charge in [-0.25, -0.2) is 8.42 Å². The van der Waals surface area contributed by atoms with Crippen molar-refractivity contribution in [1.82, 2.24) is 24.1 Å². The normalized spacial score (nSPS) is 17.0. The highest BCUT2D eigenvalue weighted by molar-refractivity contribution is 7.89. The Bertz CT molecular complexity index is 1010. The zero-order chi connectivity index (χ0) is 18.3. The van der Waals surface area contributed by atoms with Crippen LogP contribution in [0.4, 0.5) is 0 Å². The van der Waals surface area contributed by atoms with Crippen LogP contribution in [0.1, 0.15) is 29.3 Å². The molecule has 0 saturated carbocycles. The molecule has 4 rings (SSSR count). The molecule has 0 unspecified atom stereocenters. The topological polar surface area (TPSA) is 89.7 Å². The Labute approximate surface area is 155 Å². The van der Waals surface area contributed by atoms with Crippen molar-refractivity contribution >= 4 is 26.3 Å². The second-order valence-electron chi connectivity index (χ2n) is 6.33. The molecule has 1 aliphatic heterocycles. The molecule has 0 bridgehead atoms. The smallest absolute Gasteiger partial charge is 0.246 e. The number of rotatable bonds is 4. The van der Waals surface area contributed by atoms with E-state index in [4.69, 9.17) is 4.74 Å². The van der Waals surface area contributed by atoms with Gasteiger partial charge in [0.05, 0.1) is 7.11 Å². The van der Waals surface area contributed by atoms with Gasteiger partial charge in [-0.1, -0.05) is 17.4 Å². The molecule has 0 N–H and O–H groups in total. The highest BCUT2D eigenvalue weighted by Crippen LogP contribution is 2.34. The van der Waals surface area contributed by atoms with E-state index in [0.717, 1.165) is 28.4 Å². The number of aryl methyl sites for hydroxylation is 1. The minimum Gasteiger partial charge on any atom is -0.495 e. The monoisotopic (exact) mass is 393 g/mol. The summed E-state index contributed by atoms with van der Waals surface area (Å²) in [6.07, 6.45) is 3.05. The molecule has 1 saturated heterocycles. The largest absolute Gasteiger partial charge is 0.495 e. The zero-order valence-electron chi connectivity index (χ0n) is 14.5. The highest BCUT2D eigenvalue weighted by atomic mass is 32.2. The fourth-order valence-electron chi connectivity index (χ4n) is 3.21. The molecule has 0 atom stereocenters. The summed E-state index contributed by atoms with van der Waals surface area (Å²) in [5.41, 5.74) is 0.888. The summed E-state index contributed by atoms with van der Waals surface area (Å²) in [5.74, 6) is 0.624. The quantitative estimate of drug-likeness (QED) is 0.674. The van der Waals surface area contributed by atoms with Gasteiger partial charge in [0.1, 0.15) is 22.0 Å². The molecular formula is C16H19N5O3S2. The standard InChI is InChI=1S/C16H19N5O3S2/c1-11-3-4-13(24-2)14(9-11)26(22,23)20-7-5-12(6-8-20)15-19-21-10-17-18-16(21)25-15/h3-4,9-10,12H,5-8H2,1-2H3. The number of piperidine rings is 1. The van der Waals surface area contributed by atoms with Crippen LogP contribution < -0.4 is 4.74 Å². The summed E-state index contributed by atoms with van der Waals surface area (Å²) in [5, 5.41) is 13.3. The van der Waals surface area contributed by atoms with Crippen LogP contribution in [-0.4, -0.2) is 52.7 Å². The van der Waals surface area contributed by atoms with Gasteiger partial charge in [-0.15, -0.1) is 10.2 Å². The fraction of sp³-hybridized carbons (Fsp3) is 0.438. The Morgan fingerprint density at radius 1 is 1.27 bits per heavy atom. The molecule has 26 heavy (non-hydrogen) atoms. The van der Waals surface area contributed by atoms with Crippen molar-refractivity contribution in [1.29, 1.82) is 0 Å². The first-order valence-corrected chi connectivity index (χ1v) is 10.6. The van der Waals surface area contributed by atoms with Crippen LogP contribution in [0.5, 0.6) is 5.75 Å². The van der Waals surface area contributed by atoms with Crippen molar-refractivity contribution in [3.05, 3.63) is 35.1 Å². The lowest BCUT2D eigenvalue weighted by Gasteiger charge is -2.30. The summed E-state index contributed by atoms with van der Waals surface area (Å²) >= 11 is 1.51. The van der Waals surface area contributed by atoms with E-state index in [1.165, 1.54) is 18.4 Å². The lowest BCUT2D eigenvalue weighted by molar-refractivity contribution is 0.316. The molecule has 10 heteroatoms. The minimum absolute atomic E-state index is 0.234. The van der Waals surface area contributed by atoms with Crippen LogP contribution in [-0.2, 0) is 10.0 Å². The Morgan fingerprint density at radius 3 is 2.73 bits per heavy atom. The average Bonchev–Trinajstić information content (AvgIpc) is 3.24. The fourth-order valence-corrected chi connectivity index (χ4v) is 5.91. The average molecular weight is 393 g/mol. The maximum atomic E-state index is 13.1. The van der Waals surface area contributed by atoms with Crippen molar-refractivity contribution in [3.8, 4) is 5.75 Å². The first-order chi connectivity index (χ1) is 12.5. The molecule has 1 fully saturated rings. The van der Waals surface area contributed by atoms with Crippen LogP contribution in [0.2, 0.25) is 0 Å². The van der Waals surface area contributed by atoms with Gasteiger partial charge in [-0.05, 0) is 37.5 Å². The van der Waals surface area contributed by atoms with Crippen LogP contribution in [0, 0.1) is 6.92 Å². The predicted molar refractivity (Wildman–Crippen MR) is 97.1 cm³/mol. The highest BCUT2D eigenvalue weighted by Gasteiger charge is 2.33. The van der Waals surface area contributed by atoms with Gasteiger partial charge in [-0.2, -0.15) is 13.9 Å². The molecule has 0 spiro atoms. The zero-order valence-corrected chi connectivity index (χ0v) is 16.1. The number of methoxy groups -OCH3 is 1. The van der Waals surface area contributed by atoms with Crippen LogP contribution in [0.25, 0.3) is 4.96 Å². The van der Waals surface area contributed by atoms with Gasteiger partial charge in [0, 0.05) is 19.0 Å². The van der Waals surface area contributed by atoms with E-state index in [1.54, 1.807) is 27.3 Å². The van der Waals surface area contributed by atoms with E-state index < -0.39 is 10.0 Å². The molecule has 0 amide bonds. The van der Waals surface area contributed by atoms with Crippen molar-refractivity contribution in [2.75, 3.05) is 20.2 Å². The summed E-state index contributed by atoms with van der Waals surface area (Å²) in [6.45, 7) is 2.80. The molecule has 1 aliphatic rings. The number of hydrogen-bond acceptors (Lipinski definition) is 7. The predicted octanol–water partition coefficient (Wildman–Crippen LogP) is 2.07. The molecule has 138 valence electrons. The molecular weight excluding hydrogens is 374 g/mol. The van der Waals surface area contributed by atoms with E-state index in [-0.39, 0.29) is 10.8 Å². The molecule has 0 radical (unpaired) electrons. The summed E-state index contributed by atoms with van der Waals surface area (Å²) in [6, 6.07) is 5.22. The first-order valence-electron chi connectivity index (χ1n) is 8.30. The third-order valence-corrected chi connectivity index (χ3v) is 7.64.